The van der Waals surface area contributed by atoms with Crippen molar-refractivity contribution in [3.05, 3.63) is 131 Å². The van der Waals surface area contributed by atoms with Crippen molar-refractivity contribution >= 4 is 0 Å². The Balaban J connectivity index is 1.12. The number of rotatable bonds is 8. The van der Waals surface area contributed by atoms with Crippen LogP contribution in [-0.2, 0) is 13.0 Å². The Hall–Kier alpha value is -3.63. The fourth-order valence-corrected chi connectivity index (χ4v) is 7.99. The molecular formula is C38H39FO3. The predicted octanol–water partition coefficient (Wildman–Crippen LogP) is 8.44. The molecule has 4 heteroatoms. The van der Waals surface area contributed by atoms with E-state index in [1.54, 1.807) is 12.1 Å². The number of benzene rings is 4. The van der Waals surface area contributed by atoms with Gasteiger partial charge in [-0.1, -0.05) is 60.7 Å². The van der Waals surface area contributed by atoms with Gasteiger partial charge in [-0.2, -0.15) is 0 Å². The molecule has 1 N–H and O–H groups in total. The lowest BCUT2D eigenvalue weighted by Crippen LogP contribution is -2.21. The van der Waals surface area contributed by atoms with E-state index < -0.39 is 0 Å². The lowest BCUT2D eigenvalue weighted by atomic mass is 9.69. The summed E-state index contributed by atoms with van der Waals surface area (Å²) < 4.78 is 26.5. The third-order valence-electron chi connectivity index (χ3n) is 9.99. The van der Waals surface area contributed by atoms with E-state index in [0.717, 1.165) is 55.6 Å². The van der Waals surface area contributed by atoms with E-state index in [1.165, 1.54) is 22.3 Å². The van der Waals surface area contributed by atoms with E-state index in [1.807, 2.05) is 30.3 Å². The minimum absolute atomic E-state index is 0.165. The highest BCUT2D eigenvalue weighted by atomic mass is 19.1. The van der Waals surface area contributed by atoms with Gasteiger partial charge >= 0.3 is 0 Å². The summed E-state index contributed by atoms with van der Waals surface area (Å²) in [6.45, 7) is 0.873. The van der Waals surface area contributed by atoms with Crippen LogP contribution in [0.2, 0.25) is 0 Å². The fourth-order valence-electron chi connectivity index (χ4n) is 7.99. The maximum absolute atomic E-state index is 13.8. The maximum Gasteiger partial charge on any atom is 0.123 e. The Labute approximate surface area is 248 Å². The van der Waals surface area contributed by atoms with Gasteiger partial charge in [0.2, 0.25) is 0 Å². The van der Waals surface area contributed by atoms with Crippen molar-refractivity contribution in [1.29, 1.82) is 0 Å². The van der Waals surface area contributed by atoms with Crippen LogP contribution in [0.4, 0.5) is 4.39 Å². The van der Waals surface area contributed by atoms with Gasteiger partial charge < -0.3 is 14.6 Å². The number of hydrogen-bond donors (Lipinski definition) is 1. The molecule has 0 aromatic heterocycles. The van der Waals surface area contributed by atoms with Gasteiger partial charge in [0.25, 0.3) is 0 Å². The Morgan fingerprint density at radius 1 is 0.738 bits per heavy atom. The zero-order valence-corrected chi connectivity index (χ0v) is 24.0. The first-order valence-corrected chi connectivity index (χ1v) is 15.6. The van der Waals surface area contributed by atoms with Crippen molar-refractivity contribution in [2.75, 3.05) is 6.61 Å². The van der Waals surface area contributed by atoms with Crippen LogP contribution in [0.25, 0.3) is 0 Å². The zero-order valence-electron chi connectivity index (χ0n) is 24.0. The minimum atomic E-state index is -0.198. The smallest absolute Gasteiger partial charge is 0.123 e. The molecule has 216 valence electrons. The summed E-state index contributed by atoms with van der Waals surface area (Å²) in [6, 6.07) is 32.6. The number of halogens is 1. The third-order valence-corrected chi connectivity index (χ3v) is 9.99. The molecule has 0 radical (unpaired) electrons. The van der Waals surface area contributed by atoms with Gasteiger partial charge in [-0.3, -0.25) is 0 Å². The monoisotopic (exact) mass is 562 g/mol. The lowest BCUT2D eigenvalue weighted by molar-refractivity contribution is 0.180. The van der Waals surface area contributed by atoms with E-state index in [4.69, 9.17) is 9.47 Å². The second-order valence-electron chi connectivity index (χ2n) is 12.6. The summed E-state index contributed by atoms with van der Waals surface area (Å²) >= 11 is 0. The number of aliphatic hydroxyl groups is 1. The molecule has 2 fully saturated rings. The first kappa shape index (κ1) is 27.2. The average molecular weight is 563 g/mol. The van der Waals surface area contributed by atoms with Crippen LogP contribution in [0.15, 0.2) is 97.1 Å². The minimum Gasteiger partial charge on any atom is -0.490 e. The summed E-state index contributed by atoms with van der Waals surface area (Å²) in [7, 11) is 0. The van der Waals surface area contributed by atoms with Crippen LogP contribution in [-0.4, -0.2) is 17.8 Å². The molecule has 3 aliphatic rings. The van der Waals surface area contributed by atoms with Crippen LogP contribution >= 0.6 is 0 Å². The molecule has 0 bridgehead atoms. The molecule has 2 unspecified atom stereocenters. The van der Waals surface area contributed by atoms with Crippen molar-refractivity contribution in [3.8, 4) is 11.5 Å². The highest BCUT2D eigenvalue weighted by Gasteiger charge is 2.42. The molecule has 7 rings (SSSR count). The van der Waals surface area contributed by atoms with E-state index in [2.05, 4.69) is 54.6 Å². The highest BCUT2D eigenvalue weighted by molar-refractivity contribution is 5.48. The Morgan fingerprint density at radius 2 is 1.43 bits per heavy atom. The third kappa shape index (κ3) is 5.70. The topological polar surface area (TPSA) is 38.7 Å². The van der Waals surface area contributed by atoms with Crippen molar-refractivity contribution in [1.82, 2.24) is 0 Å². The molecule has 3 aliphatic carbocycles. The number of fused-ring (bicyclic) bond motifs is 2. The molecule has 3 nitrogen and oxygen atoms in total. The Kier molecular flexibility index (Phi) is 7.73. The van der Waals surface area contributed by atoms with Crippen LogP contribution in [0.5, 0.6) is 11.5 Å². The Morgan fingerprint density at radius 3 is 2.14 bits per heavy atom. The first-order valence-electron chi connectivity index (χ1n) is 15.6. The van der Waals surface area contributed by atoms with Crippen molar-refractivity contribution in [2.45, 2.75) is 63.1 Å². The molecule has 0 spiro atoms. The van der Waals surface area contributed by atoms with Crippen LogP contribution in [0, 0.1) is 23.6 Å². The molecule has 4 aromatic rings. The van der Waals surface area contributed by atoms with Crippen molar-refractivity contribution < 1.29 is 19.0 Å². The molecule has 0 amide bonds. The average Bonchev–Trinajstić information content (AvgIpc) is 3.59. The van der Waals surface area contributed by atoms with Gasteiger partial charge in [0.1, 0.15) is 23.9 Å². The van der Waals surface area contributed by atoms with Crippen LogP contribution < -0.4 is 9.47 Å². The molecular weight excluding hydrogens is 523 g/mol. The van der Waals surface area contributed by atoms with Gasteiger partial charge in [0.15, 0.2) is 0 Å². The van der Waals surface area contributed by atoms with Crippen molar-refractivity contribution in [3.63, 3.8) is 0 Å². The first-order chi connectivity index (χ1) is 20.6. The molecule has 2 saturated carbocycles. The summed E-state index contributed by atoms with van der Waals surface area (Å²) in [5.74, 6) is 3.93. The van der Waals surface area contributed by atoms with Crippen LogP contribution in [0.3, 0.4) is 0 Å². The number of aliphatic hydroxyl groups excluding tert-OH is 1. The number of aryl methyl sites for hydroxylation is 1. The number of hydrogen-bond acceptors (Lipinski definition) is 3. The second-order valence-corrected chi connectivity index (χ2v) is 12.6. The fraction of sp³-hybridized carbons (Fsp3) is 0.368. The molecule has 0 saturated heterocycles. The molecule has 4 atom stereocenters. The second kappa shape index (κ2) is 11.9. The van der Waals surface area contributed by atoms with Gasteiger partial charge in [0, 0.05) is 12.5 Å². The summed E-state index contributed by atoms with van der Waals surface area (Å²) in [5, 5.41) is 9.55. The molecule has 4 aromatic carbocycles. The van der Waals surface area contributed by atoms with E-state index in [9.17, 15) is 9.50 Å². The van der Waals surface area contributed by atoms with Gasteiger partial charge in [0.05, 0.1) is 6.10 Å². The van der Waals surface area contributed by atoms with E-state index in [0.29, 0.717) is 31.0 Å². The lowest BCUT2D eigenvalue weighted by Gasteiger charge is -2.35. The predicted molar refractivity (Wildman–Crippen MR) is 163 cm³/mol. The molecule has 0 aliphatic heterocycles. The summed E-state index contributed by atoms with van der Waals surface area (Å²) in [5.41, 5.74) is 6.23. The maximum atomic E-state index is 13.8. The van der Waals surface area contributed by atoms with Crippen LogP contribution in [0.1, 0.15) is 71.8 Å². The largest absolute Gasteiger partial charge is 0.490 e. The standard InChI is InChI=1S/C38H39FO3/c39-32-11-6-27(7-12-32)36-16-10-29-20-34(41-24-25-4-2-1-3-5-25)15-17-37(29)38(36)28-8-13-33(14-9-28)42-35-21-30-18-26(23-40)19-31(30)22-35/h1-9,11-15,17,20,26,30-31,35-36,38,40H,10,16,18-19,21-24H2/t26?,30?,31?,35?,36-,38+/m1/s1. The zero-order chi connectivity index (χ0) is 28.5. The number of ether oxygens (including phenoxy) is 2. The quantitative estimate of drug-likeness (QED) is 0.234. The summed E-state index contributed by atoms with van der Waals surface area (Å²) in [6.07, 6.45) is 6.69. The van der Waals surface area contributed by atoms with Gasteiger partial charge in [-0.05, 0) is 126 Å². The van der Waals surface area contributed by atoms with Gasteiger partial charge in [-0.25, -0.2) is 4.39 Å². The molecule has 0 heterocycles. The van der Waals surface area contributed by atoms with Gasteiger partial charge in [-0.15, -0.1) is 0 Å². The van der Waals surface area contributed by atoms with E-state index in [-0.39, 0.29) is 23.8 Å². The van der Waals surface area contributed by atoms with Crippen molar-refractivity contribution in [2.24, 2.45) is 17.8 Å². The Bertz CT molecular complexity index is 1470. The van der Waals surface area contributed by atoms with E-state index >= 15 is 0 Å². The SMILES string of the molecule is OCC1CC2CC(Oc3ccc([C@@H]4c5ccc(OCc6ccccc6)cc5CC[C@@H]4c4ccc(F)cc4)cc3)CC2C1. The highest BCUT2D eigenvalue weighted by Crippen LogP contribution is 2.49. The normalized spacial score (nSPS) is 26.4. The summed E-state index contributed by atoms with van der Waals surface area (Å²) in [4.78, 5) is 0. The molecule has 42 heavy (non-hydrogen) atoms.